The van der Waals surface area contributed by atoms with Crippen molar-refractivity contribution in [3.8, 4) is 0 Å². The van der Waals surface area contributed by atoms with Gasteiger partial charge in [0.15, 0.2) is 0 Å². The Morgan fingerprint density at radius 3 is 2.21 bits per heavy atom. The molecule has 1 aromatic heterocycles. The molecule has 0 saturated heterocycles. The molecule has 138 valence electrons. The highest BCUT2D eigenvalue weighted by molar-refractivity contribution is 9.10. The summed E-state index contributed by atoms with van der Waals surface area (Å²) in [4.78, 5) is 13.2. The average Bonchev–Trinajstić information content (AvgIpc) is 3.23. The van der Waals surface area contributed by atoms with Crippen LogP contribution in [0.2, 0.25) is 0 Å². The number of halogens is 1. The molecule has 0 radical (unpaired) electrons. The number of rotatable bonds is 1. The molecule has 0 N–H and O–H groups in total. The number of allylic oxidation sites excluding steroid dienone is 3. The van der Waals surface area contributed by atoms with E-state index in [4.69, 9.17) is 4.42 Å². The predicted molar refractivity (Wildman–Crippen MR) is 121 cm³/mol. The summed E-state index contributed by atoms with van der Waals surface area (Å²) in [5, 5.41) is 0.964. The molecule has 29 heavy (non-hydrogen) atoms. The van der Waals surface area contributed by atoms with Gasteiger partial charge < -0.3 is 4.42 Å². The number of hydrogen-bond donors (Lipinski definition) is 0. The van der Waals surface area contributed by atoms with Crippen molar-refractivity contribution in [3.63, 3.8) is 0 Å². The molecule has 3 aromatic carbocycles. The van der Waals surface area contributed by atoms with E-state index in [1.807, 2.05) is 36.4 Å². The first kappa shape index (κ1) is 16.8. The summed E-state index contributed by atoms with van der Waals surface area (Å²) in [7, 11) is 0. The van der Waals surface area contributed by atoms with Crippen molar-refractivity contribution in [2.75, 3.05) is 0 Å². The van der Waals surface area contributed by atoms with Crippen LogP contribution in [0.15, 0.2) is 86.5 Å². The molecule has 0 aliphatic heterocycles. The van der Waals surface area contributed by atoms with E-state index in [0.717, 1.165) is 43.3 Å². The van der Waals surface area contributed by atoms with E-state index >= 15 is 0 Å². The molecule has 0 atom stereocenters. The maximum Gasteiger partial charge on any atom is 0.344 e. The van der Waals surface area contributed by atoms with Gasteiger partial charge in [-0.2, -0.15) is 0 Å². The maximum absolute atomic E-state index is 13.2. The van der Waals surface area contributed by atoms with E-state index in [-0.39, 0.29) is 5.63 Å². The first-order valence-corrected chi connectivity index (χ1v) is 10.3. The van der Waals surface area contributed by atoms with Crippen LogP contribution in [0.3, 0.4) is 0 Å². The molecule has 0 spiro atoms. The fourth-order valence-electron chi connectivity index (χ4n) is 4.77. The molecule has 0 amide bonds. The second-order valence-corrected chi connectivity index (χ2v) is 8.36. The fraction of sp³-hybridized carbons (Fsp3) is 0.0385. The van der Waals surface area contributed by atoms with Gasteiger partial charge in [-0.05, 0) is 58.5 Å². The van der Waals surface area contributed by atoms with Crippen LogP contribution in [0.4, 0.5) is 0 Å². The SMILES string of the molecule is CC1=C2C(=C(c3ccccc3)c3ccccc32)c2c1c1cc(Br)ccc1oc2=O. The second kappa shape index (κ2) is 5.91. The lowest BCUT2D eigenvalue weighted by molar-refractivity contribution is 0.558. The lowest BCUT2D eigenvalue weighted by Gasteiger charge is -2.11. The van der Waals surface area contributed by atoms with E-state index in [1.165, 1.54) is 11.1 Å². The van der Waals surface area contributed by atoms with Crippen molar-refractivity contribution in [1.29, 1.82) is 0 Å². The van der Waals surface area contributed by atoms with Gasteiger partial charge >= 0.3 is 5.63 Å². The monoisotopic (exact) mass is 438 g/mol. The molecule has 2 aliphatic carbocycles. The first-order valence-electron chi connectivity index (χ1n) is 9.53. The maximum atomic E-state index is 13.2. The van der Waals surface area contributed by atoms with Gasteiger partial charge in [0.25, 0.3) is 0 Å². The largest absolute Gasteiger partial charge is 0.422 e. The fourth-order valence-corrected chi connectivity index (χ4v) is 5.13. The number of hydrogen-bond acceptors (Lipinski definition) is 2. The number of fused-ring (bicyclic) bond motifs is 7. The predicted octanol–water partition coefficient (Wildman–Crippen LogP) is 6.77. The van der Waals surface area contributed by atoms with E-state index in [9.17, 15) is 4.79 Å². The minimum atomic E-state index is -0.277. The van der Waals surface area contributed by atoms with Gasteiger partial charge in [-0.1, -0.05) is 70.5 Å². The molecule has 6 rings (SSSR count). The summed E-state index contributed by atoms with van der Waals surface area (Å²) in [5.74, 6) is 0. The van der Waals surface area contributed by atoms with Crippen LogP contribution in [0.5, 0.6) is 0 Å². The van der Waals surface area contributed by atoms with E-state index in [1.54, 1.807) is 0 Å². The lowest BCUT2D eigenvalue weighted by Crippen LogP contribution is -2.08. The van der Waals surface area contributed by atoms with Gasteiger partial charge in [0.1, 0.15) is 5.58 Å². The van der Waals surface area contributed by atoms with E-state index in [0.29, 0.717) is 11.1 Å². The Hall–Kier alpha value is -3.17. The molecular formula is C26H15BrO2. The summed E-state index contributed by atoms with van der Waals surface area (Å²) in [6.45, 7) is 2.12. The molecule has 0 saturated carbocycles. The van der Waals surface area contributed by atoms with Crippen molar-refractivity contribution in [2.45, 2.75) is 6.92 Å². The second-order valence-electron chi connectivity index (χ2n) is 7.44. The zero-order chi connectivity index (χ0) is 19.7. The van der Waals surface area contributed by atoms with Crippen molar-refractivity contribution in [3.05, 3.63) is 116 Å². The average molecular weight is 439 g/mol. The standard InChI is InChI=1S/C26H15BrO2/c1-14-21-17-9-5-6-10-18(17)23(15-7-3-2-4-8-15)24(21)25-22(14)19-13-16(27)11-12-20(19)29-26(25)28/h2-13H,1H3. The van der Waals surface area contributed by atoms with Crippen molar-refractivity contribution in [2.24, 2.45) is 0 Å². The van der Waals surface area contributed by atoms with Crippen LogP contribution in [0.25, 0.3) is 33.3 Å². The molecule has 1 heterocycles. The molecule has 2 nitrogen and oxygen atoms in total. The lowest BCUT2D eigenvalue weighted by atomic mass is 9.93. The highest BCUT2D eigenvalue weighted by Gasteiger charge is 2.38. The topological polar surface area (TPSA) is 30.2 Å². The Bertz CT molecular complexity index is 1470. The van der Waals surface area contributed by atoms with E-state index < -0.39 is 0 Å². The zero-order valence-electron chi connectivity index (χ0n) is 15.6. The Labute approximate surface area is 175 Å². The summed E-state index contributed by atoms with van der Waals surface area (Å²) < 4.78 is 6.73. The molecule has 0 unspecified atom stereocenters. The summed E-state index contributed by atoms with van der Waals surface area (Å²) in [5.41, 5.74) is 9.85. The van der Waals surface area contributed by atoms with Crippen molar-refractivity contribution < 1.29 is 4.42 Å². The molecular weight excluding hydrogens is 424 g/mol. The summed E-state index contributed by atoms with van der Waals surface area (Å²) in [6, 6.07) is 24.5. The van der Waals surface area contributed by atoms with Gasteiger partial charge in [0.05, 0.1) is 5.56 Å². The third kappa shape index (κ3) is 2.19. The van der Waals surface area contributed by atoms with Gasteiger partial charge in [0, 0.05) is 21.0 Å². The molecule has 2 aliphatic rings. The minimum Gasteiger partial charge on any atom is -0.422 e. The van der Waals surface area contributed by atoms with Crippen LogP contribution in [-0.4, -0.2) is 0 Å². The summed E-state index contributed by atoms with van der Waals surface area (Å²) in [6.07, 6.45) is 0. The van der Waals surface area contributed by atoms with Gasteiger partial charge in [-0.15, -0.1) is 0 Å². The zero-order valence-corrected chi connectivity index (χ0v) is 17.2. The van der Waals surface area contributed by atoms with E-state index in [2.05, 4.69) is 59.3 Å². The van der Waals surface area contributed by atoms with Crippen LogP contribution in [0, 0.1) is 0 Å². The first-order chi connectivity index (χ1) is 14.1. The third-order valence-corrected chi connectivity index (χ3v) is 6.39. The molecule has 0 bridgehead atoms. The van der Waals surface area contributed by atoms with Gasteiger partial charge in [-0.3, -0.25) is 0 Å². The van der Waals surface area contributed by atoms with Crippen molar-refractivity contribution in [1.82, 2.24) is 0 Å². The van der Waals surface area contributed by atoms with Gasteiger partial charge in [-0.25, -0.2) is 4.79 Å². The highest BCUT2D eigenvalue weighted by Crippen LogP contribution is 2.57. The Balaban J connectivity index is 1.83. The van der Waals surface area contributed by atoms with Crippen LogP contribution >= 0.6 is 15.9 Å². The highest BCUT2D eigenvalue weighted by atomic mass is 79.9. The Morgan fingerprint density at radius 1 is 0.759 bits per heavy atom. The quantitative estimate of drug-likeness (QED) is 0.307. The molecule has 4 aromatic rings. The van der Waals surface area contributed by atoms with Gasteiger partial charge in [0.2, 0.25) is 0 Å². The van der Waals surface area contributed by atoms with Crippen molar-refractivity contribution >= 4 is 49.2 Å². The molecule has 3 heteroatoms. The molecule has 0 fully saturated rings. The Morgan fingerprint density at radius 2 is 1.45 bits per heavy atom. The van der Waals surface area contributed by atoms with Crippen LogP contribution in [0.1, 0.15) is 34.7 Å². The normalized spacial score (nSPS) is 14.4. The smallest absolute Gasteiger partial charge is 0.344 e. The summed E-state index contributed by atoms with van der Waals surface area (Å²) >= 11 is 3.57. The van der Waals surface area contributed by atoms with Crippen LogP contribution in [-0.2, 0) is 0 Å². The van der Waals surface area contributed by atoms with Crippen LogP contribution < -0.4 is 5.63 Å². The minimum absolute atomic E-state index is 0.277. The Kier molecular flexibility index (Phi) is 3.42. The third-order valence-electron chi connectivity index (χ3n) is 5.90. The number of benzene rings is 3.